The molecule has 0 heterocycles. The maximum absolute atomic E-state index is 12.8. The maximum Gasteiger partial charge on any atom is 0.306 e. The van der Waals surface area contributed by atoms with Gasteiger partial charge in [0.05, 0.1) is 0 Å². The summed E-state index contributed by atoms with van der Waals surface area (Å²) in [6.07, 6.45) is 0.886. The Bertz CT molecular complexity index is 1430. The zero-order chi connectivity index (χ0) is 29.0. The second-order valence-electron chi connectivity index (χ2n) is 10.6. The highest BCUT2D eigenvalue weighted by molar-refractivity contribution is 5.69. The van der Waals surface area contributed by atoms with Gasteiger partial charge in [-0.25, -0.2) is 0 Å². The first kappa shape index (κ1) is 28.7. The summed E-state index contributed by atoms with van der Waals surface area (Å²) in [5, 5.41) is 0. The average Bonchev–Trinajstić information content (AvgIpc) is 3.06. The minimum atomic E-state index is -0.429. The number of carbonyl (C=O) groups is 1. The largest absolute Gasteiger partial charge is 0.489 e. The van der Waals surface area contributed by atoms with Crippen LogP contribution in [0.4, 0.5) is 0 Å². The van der Waals surface area contributed by atoms with Gasteiger partial charge in [0, 0.05) is 11.8 Å². The predicted octanol–water partition coefficient (Wildman–Crippen LogP) is 8.67. The smallest absolute Gasteiger partial charge is 0.306 e. The summed E-state index contributed by atoms with van der Waals surface area (Å²) < 4.78 is 17.7. The number of rotatable bonds is 13. The second-order valence-corrected chi connectivity index (χ2v) is 10.6. The molecule has 0 amide bonds. The van der Waals surface area contributed by atoms with Crippen molar-refractivity contribution in [2.75, 3.05) is 0 Å². The SMILES string of the molecule is CC(CCC(=O)OCc1ccccc1)(c1ccc(OCc2ccccc2)cc1)c1ccc(OCc2ccccc2)cc1. The molecule has 5 rings (SSSR count). The Balaban J connectivity index is 1.30. The number of hydrogen-bond acceptors (Lipinski definition) is 4. The van der Waals surface area contributed by atoms with Crippen molar-refractivity contribution < 1.29 is 19.0 Å². The third-order valence-corrected chi connectivity index (χ3v) is 7.55. The summed E-state index contributed by atoms with van der Waals surface area (Å²) in [6, 6.07) is 46.4. The van der Waals surface area contributed by atoms with Crippen molar-refractivity contribution >= 4 is 5.97 Å². The van der Waals surface area contributed by atoms with Gasteiger partial charge in [-0.3, -0.25) is 4.79 Å². The fourth-order valence-electron chi connectivity index (χ4n) is 4.94. The minimum Gasteiger partial charge on any atom is -0.489 e. The molecule has 42 heavy (non-hydrogen) atoms. The molecule has 5 aromatic rings. The van der Waals surface area contributed by atoms with Gasteiger partial charge < -0.3 is 14.2 Å². The Morgan fingerprint density at radius 1 is 0.524 bits per heavy atom. The lowest BCUT2D eigenvalue weighted by Gasteiger charge is -2.31. The molecule has 4 heteroatoms. The standard InChI is InChI=1S/C38H36O4/c1-38(26-25-37(39)42-29-32-15-9-4-10-16-32,33-17-21-35(22-18-33)40-27-30-11-5-2-6-12-30)34-19-23-36(24-20-34)41-28-31-13-7-3-8-14-31/h2-24H,25-29H2,1H3. The van der Waals surface area contributed by atoms with E-state index in [1.807, 2.05) is 91.0 Å². The highest BCUT2D eigenvalue weighted by Crippen LogP contribution is 2.38. The van der Waals surface area contributed by atoms with E-state index in [0.717, 1.165) is 39.3 Å². The van der Waals surface area contributed by atoms with Crippen molar-refractivity contribution in [1.82, 2.24) is 0 Å². The minimum absolute atomic E-state index is 0.212. The lowest BCUT2D eigenvalue weighted by Crippen LogP contribution is -2.25. The molecule has 0 N–H and O–H groups in total. The molecule has 0 aliphatic heterocycles. The molecular weight excluding hydrogens is 520 g/mol. The molecule has 0 saturated heterocycles. The van der Waals surface area contributed by atoms with Crippen LogP contribution in [-0.2, 0) is 34.8 Å². The molecule has 0 bridgehead atoms. The topological polar surface area (TPSA) is 44.8 Å². The third-order valence-electron chi connectivity index (χ3n) is 7.55. The zero-order valence-corrected chi connectivity index (χ0v) is 23.9. The van der Waals surface area contributed by atoms with E-state index in [0.29, 0.717) is 26.1 Å². The first-order valence-corrected chi connectivity index (χ1v) is 14.3. The predicted molar refractivity (Wildman–Crippen MR) is 166 cm³/mol. The van der Waals surface area contributed by atoms with Crippen LogP contribution in [0.5, 0.6) is 11.5 Å². The van der Waals surface area contributed by atoms with Crippen LogP contribution in [0.25, 0.3) is 0 Å². The van der Waals surface area contributed by atoms with Gasteiger partial charge in [0.25, 0.3) is 0 Å². The number of carbonyl (C=O) groups excluding carboxylic acids is 1. The van der Waals surface area contributed by atoms with Gasteiger partial charge in [-0.15, -0.1) is 0 Å². The quantitative estimate of drug-likeness (QED) is 0.136. The first-order valence-electron chi connectivity index (χ1n) is 14.3. The maximum atomic E-state index is 12.8. The van der Waals surface area contributed by atoms with Crippen molar-refractivity contribution in [2.45, 2.75) is 45.0 Å². The van der Waals surface area contributed by atoms with Crippen LogP contribution in [0, 0.1) is 0 Å². The Morgan fingerprint density at radius 3 is 1.31 bits per heavy atom. The highest BCUT2D eigenvalue weighted by Gasteiger charge is 2.30. The van der Waals surface area contributed by atoms with Gasteiger partial charge in [0.15, 0.2) is 0 Å². The van der Waals surface area contributed by atoms with Crippen molar-refractivity contribution in [2.24, 2.45) is 0 Å². The summed E-state index contributed by atoms with van der Waals surface area (Å²) >= 11 is 0. The van der Waals surface area contributed by atoms with Crippen molar-refractivity contribution in [3.63, 3.8) is 0 Å². The lowest BCUT2D eigenvalue weighted by atomic mass is 9.73. The number of ether oxygens (including phenoxy) is 3. The third kappa shape index (κ3) is 7.88. The van der Waals surface area contributed by atoms with E-state index in [-0.39, 0.29) is 12.6 Å². The Morgan fingerprint density at radius 2 is 0.905 bits per heavy atom. The molecule has 0 aliphatic rings. The molecule has 0 atom stereocenters. The van der Waals surface area contributed by atoms with Crippen molar-refractivity contribution in [3.05, 3.63) is 167 Å². The monoisotopic (exact) mass is 556 g/mol. The molecule has 0 radical (unpaired) electrons. The fraction of sp³-hybridized carbons (Fsp3) is 0.184. The van der Waals surface area contributed by atoms with E-state index in [9.17, 15) is 4.79 Å². The van der Waals surface area contributed by atoms with E-state index in [1.54, 1.807) is 0 Å². The van der Waals surface area contributed by atoms with Crippen LogP contribution < -0.4 is 9.47 Å². The van der Waals surface area contributed by atoms with Crippen LogP contribution >= 0.6 is 0 Å². The van der Waals surface area contributed by atoms with Crippen LogP contribution in [0.15, 0.2) is 140 Å². The molecule has 0 fully saturated rings. The van der Waals surface area contributed by atoms with E-state index in [2.05, 4.69) is 55.5 Å². The van der Waals surface area contributed by atoms with Crippen molar-refractivity contribution in [1.29, 1.82) is 0 Å². The van der Waals surface area contributed by atoms with Gasteiger partial charge in [-0.2, -0.15) is 0 Å². The number of benzene rings is 5. The summed E-state index contributed by atoms with van der Waals surface area (Å²) in [7, 11) is 0. The molecule has 0 unspecified atom stereocenters. The van der Waals surface area contributed by atoms with Crippen LogP contribution in [-0.4, -0.2) is 5.97 Å². The fourth-order valence-corrected chi connectivity index (χ4v) is 4.94. The Labute approximate surface area is 248 Å². The molecule has 5 aromatic carbocycles. The first-order chi connectivity index (χ1) is 20.6. The van der Waals surface area contributed by atoms with E-state index in [4.69, 9.17) is 14.2 Å². The van der Waals surface area contributed by atoms with E-state index < -0.39 is 5.41 Å². The molecule has 0 saturated carbocycles. The zero-order valence-electron chi connectivity index (χ0n) is 23.9. The molecular formula is C38H36O4. The van der Waals surface area contributed by atoms with Crippen LogP contribution in [0.1, 0.15) is 47.6 Å². The Kier molecular flexibility index (Phi) is 9.69. The average molecular weight is 557 g/mol. The summed E-state index contributed by atoms with van der Waals surface area (Å²) in [5.41, 5.74) is 4.99. The molecule has 0 spiro atoms. The van der Waals surface area contributed by atoms with Crippen LogP contribution in [0.3, 0.4) is 0 Å². The molecule has 0 aromatic heterocycles. The molecule has 4 nitrogen and oxygen atoms in total. The molecule has 212 valence electrons. The normalized spacial score (nSPS) is 11.1. The van der Waals surface area contributed by atoms with Gasteiger partial charge in [0.1, 0.15) is 31.3 Å². The Hall–Kier alpha value is -4.83. The second kappa shape index (κ2) is 14.2. The summed E-state index contributed by atoms with van der Waals surface area (Å²) in [6.45, 7) is 3.47. The van der Waals surface area contributed by atoms with Gasteiger partial charge in [-0.05, 0) is 58.5 Å². The van der Waals surface area contributed by atoms with Crippen molar-refractivity contribution in [3.8, 4) is 11.5 Å². The number of esters is 1. The highest BCUT2D eigenvalue weighted by atomic mass is 16.5. The van der Waals surface area contributed by atoms with Gasteiger partial charge in [0.2, 0.25) is 0 Å². The van der Waals surface area contributed by atoms with Gasteiger partial charge >= 0.3 is 5.97 Å². The van der Waals surface area contributed by atoms with E-state index in [1.165, 1.54) is 0 Å². The number of hydrogen-bond donors (Lipinski definition) is 0. The van der Waals surface area contributed by atoms with E-state index >= 15 is 0 Å². The summed E-state index contributed by atoms with van der Waals surface area (Å²) in [5.74, 6) is 1.39. The van der Waals surface area contributed by atoms with Gasteiger partial charge in [-0.1, -0.05) is 122 Å². The summed E-state index contributed by atoms with van der Waals surface area (Å²) in [4.78, 5) is 12.8. The van der Waals surface area contributed by atoms with Crippen LogP contribution in [0.2, 0.25) is 0 Å². The lowest BCUT2D eigenvalue weighted by molar-refractivity contribution is -0.145. The molecule has 0 aliphatic carbocycles.